The third-order valence-corrected chi connectivity index (χ3v) is 3.17. The van der Waals surface area contributed by atoms with E-state index in [-0.39, 0.29) is 11.1 Å². The molecule has 110 valence electrons. The number of halogens is 3. The van der Waals surface area contributed by atoms with E-state index in [1.165, 1.54) is 6.92 Å². The molecule has 0 bridgehead atoms. The third-order valence-electron chi connectivity index (χ3n) is 3.17. The SMILES string of the molecule is CC1=CC(=O)c2c(O)cc(C)c(C(=O)C(F)(F)F)c2C1=O. The number of benzene rings is 1. The minimum atomic E-state index is -5.19. The van der Waals surface area contributed by atoms with Gasteiger partial charge in [-0.3, -0.25) is 14.4 Å². The molecule has 7 heteroatoms. The van der Waals surface area contributed by atoms with Crippen LogP contribution >= 0.6 is 0 Å². The van der Waals surface area contributed by atoms with Gasteiger partial charge in [0.1, 0.15) is 5.75 Å². The number of hydrogen-bond acceptors (Lipinski definition) is 4. The van der Waals surface area contributed by atoms with Crippen molar-refractivity contribution < 1.29 is 32.7 Å². The van der Waals surface area contributed by atoms with E-state index in [2.05, 4.69) is 0 Å². The second-order valence-electron chi connectivity index (χ2n) is 4.69. The first-order chi connectivity index (χ1) is 9.55. The lowest BCUT2D eigenvalue weighted by Crippen LogP contribution is -2.29. The van der Waals surface area contributed by atoms with E-state index in [9.17, 15) is 32.7 Å². The van der Waals surface area contributed by atoms with E-state index in [0.717, 1.165) is 19.1 Å². The standard InChI is InChI=1S/C14H9F3O4/c1-5-3-7(18)10-8(19)4-6(2)12(20)11(10)9(5)13(21)14(15,16)17/h3-4,18H,1-2H3. The minimum Gasteiger partial charge on any atom is -0.507 e. The fourth-order valence-corrected chi connectivity index (χ4v) is 2.24. The summed E-state index contributed by atoms with van der Waals surface area (Å²) in [6.07, 6.45) is -4.27. The van der Waals surface area contributed by atoms with Crippen LogP contribution in [0.4, 0.5) is 13.2 Å². The van der Waals surface area contributed by atoms with Crippen molar-refractivity contribution in [3.05, 3.63) is 40.0 Å². The number of allylic oxidation sites excluding steroid dienone is 2. The molecule has 0 amide bonds. The number of carbonyl (C=O) groups excluding carboxylic acids is 3. The maximum absolute atomic E-state index is 12.7. The molecule has 0 aliphatic heterocycles. The van der Waals surface area contributed by atoms with Crippen molar-refractivity contribution in [1.29, 1.82) is 0 Å². The highest BCUT2D eigenvalue weighted by atomic mass is 19.4. The molecule has 0 heterocycles. The van der Waals surface area contributed by atoms with Gasteiger partial charge in [0, 0.05) is 16.7 Å². The molecular weight excluding hydrogens is 289 g/mol. The lowest BCUT2D eigenvalue weighted by Gasteiger charge is -2.20. The summed E-state index contributed by atoms with van der Waals surface area (Å²) in [5.74, 6) is -4.53. The van der Waals surface area contributed by atoms with Gasteiger partial charge in [-0.2, -0.15) is 13.2 Å². The molecule has 4 nitrogen and oxygen atoms in total. The fraction of sp³-hybridized carbons (Fsp3) is 0.214. The van der Waals surface area contributed by atoms with E-state index < -0.39 is 46.0 Å². The van der Waals surface area contributed by atoms with Gasteiger partial charge in [0.25, 0.3) is 5.78 Å². The van der Waals surface area contributed by atoms with Gasteiger partial charge >= 0.3 is 6.18 Å². The summed E-state index contributed by atoms with van der Waals surface area (Å²) in [5, 5.41) is 9.73. The van der Waals surface area contributed by atoms with Crippen LogP contribution in [-0.2, 0) is 0 Å². The van der Waals surface area contributed by atoms with E-state index in [4.69, 9.17) is 0 Å². The molecule has 0 atom stereocenters. The average Bonchev–Trinajstić information content (AvgIpc) is 2.33. The number of Topliss-reactive ketones (excluding diaryl/α,β-unsaturated/α-hetero) is 2. The summed E-state index contributed by atoms with van der Waals surface area (Å²) in [4.78, 5) is 35.4. The topological polar surface area (TPSA) is 71.4 Å². The van der Waals surface area contributed by atoms with Crippen LogP contribution in [0.2, 0.25) is 0 Å². The summed E-state index contributed by atoms with van der Waals surface area (Å²) < 4.78 is 38.1. The Balaban J connectivity index is 2.88. The smallest absolute Gasteiger partial charge is 0.454 e. The molecular formula is C14H9F3O4. The minimum absolute atomic E-state index is 0.0891. The van der Waals surface area contributed by atoms with Gasteiger partial charge in [0.15, 0.2) is 11.6 Å². The van der Waals surface area contributed by atoms with Crippen LogP contribution in [0, 0.1) is 6.92 Å². The molecule has 1 aliphatic carbocycles. The Bertz CT molecular complexity index is 727. The zero-order chi connectivity index (χ0) is 16.1. The van der Waals surface area contributed by atoms with E-state index >= 15 is 0 Å². The van der Waals surface area contributed by atoms with Crippen LogP contribution < -0.4 is 0 Å². The number of fused-ring (bicyclic) bond motifs is 1. The molecule has 0 radical (unpaired) electrons. The number of phenols is 1. The molecule has 0 saturated carbocycles. The van der Waals surface area contributed by atoms with Crippen LogP contribution in [0.1, 0.15) is 43.6 Å². The number of alkyl halides is 3. The quantitative estimate of drug-likeness (QED) is 0.809. The van der Waals surface area contributed by atoms with Crippen molar-refractivity contribution in [2.24, 2.45) is 0 Å². The van der Waals surface area contributed by atoms with Gasteiger partial charge in [-0.05, 0) is 31.6 Å². The Labute approximate surface area is 116 Å². The van der Waals surface area contributed by atoms with Gasteiger partial charge in [0.05, 0.1) is 5.56 Å². The summed E-state index contributed by atoms with van der Waals surface area (Å²) >= 11 is 0. The van der Waals surface area contributed by atoms with E-state index in [1.54, 1.807) is 0 Å². The number of carbonyl (C=O) groups is 3. The van der Waals surface area contributed by atoms with Gasteiger partial charge in [-0.15, -0.1) is 0 Å². The highest BCUT2D eigenvalue weighted by molar-refractivity contribution is 6.29. The molecule has 0 fully saturated rings. The zero-order valence-corrected chi connectivity index (χ0v) is 11.0. The Hall–Kier alpha value is -2.44. The first kappa shape index (κ1) is 15.0. The number of aromatic hydroxyl groups is 1. The van der Waals surface area contributed by atoms with Crippen LogP contribution in [0.25, 0.3) is 0 Å². The van der Waals surface area contributed by atoms with Crippen molar-refractivity contribution >= 4 is 17.3 Å². The van der Waals surface area contributed by atoms with Crippen molar-refractivity contribution in [2.45, 2.75) is 20.0 Å². The average molecular weight is 298 g/mol. The Morgan fingerprint density at radius 3 is 2.24 bits per heavy atom. The second-order valence-corrected chi connectivity index (χ2v) is 4.69. The Morgan fingerprint density at radius 1 is 1.14 bits per heavy atom. The summed E-state index contributed by atoms with van der Waals surface area (Å²) in [5.41, 5.74) is -2.44. The lowest BCUT2D eigenvalue weighted by molar-refractivity contribution is -0.0886. The van der Waals surface area contributed by atoms with Crippen molar-refractivity contribution in [2.75, 3.05) is 0 Å². The largest absolute Gasteiger partial charge is 0.507 e. The van der Waals surface area contributed by atoms with Gasteiger partial charge in [-0.25, -0.2) is 0 Å². The summed E-state index contributed by atoms with van der Waals surface area (Å²) in [7, 11) is 0. The van der Waals surface area contributed by atoms with Crippen molar-refractivity contribution in [3.8, 4) is 5.75 Å². The Morgan fingerprint density at radius 2 is 1.71 bits per heavy atom. The molecule has 0 spiro atoms. The molecule has 1 aromatic carbocycles. The molecule has 0 unspecified atom stereocenters. The number of rotatable bonds is 1. The first-order valence-corrected chi connectivity index (χ1v) is 5.81. The molecule has 0 saturated heterocycles. The van der Waals surface area contributed by atoms with Crippen LogP contribution in [-0.4, -0.2) is 28.6 Å². The normalized spacial score (nSPS) is 14.8. The molecule has 21 heavy (non-hydrogen) atoms. The van der Waals surface area contributed by atoms with Gasteiger partial charge in [-0.1, -0.05) is 0 Å². The first-order valence-electron chi connectivity index (χ1n) is 5.81. The van der Waals surface area contributed by atoms with Crippen LogP contribution in [0.5, 0.6) is 5.75 Å². The van der Waals surface area contributed by atoms with Crippen molar-refractivity contribution in [3.63, 3.8) is 0 Å². The summed E-state index contributed by atoms with van der Waals surface area (Å²) in [6, 6.07) is 0.872. The van der Waals surface area contributed by atoms with E-state index in [1.807, 2.05) is 0 Å². The predicted octanol–water partition coefficient (Wildman–Crippen LogP) is 2.77. The van der Waals surface area contributed by atoms with E-state index in [0.29, 0.717) is 0 Å². The fourth-order valence-electron chi connectivity index (χ4n) is 2.24. The van der Waals surface area contributed by atoms with Crippen LogP contribution in [0.3, 0.4) is 0 Å². The maximum atomic E-state index is 12.7. The monoisotopic (exact) mass is 298 g/mol. The summed E-state index contributed by atoms with van der Waals surface area (Å²) in [6.45, 7) is 2.41. The third kappa shape index (κ3) is 2.24. The predicted molar refractivity (Wildman–Crippen MR) is 65.6 cm³/mol. The highest BCUT2D eigenvalue weighted by Crippen LogP contribution is 2.36. The number of phenolic OH excluding ortho intramolecular Hbond substituents is 1. The van der Waals surface area contributed by atoms with Gasteiger partial charge < -0.3 is 5.11 Å². The molecule has 2 rings (SSSR count). The number of aryl methyl sites for hydroxylation is 1. The Kier molecular flexibility index (Phi) is 3.24. The van der Waals surface area contributed by atoms with Crippen molar-refractivity contribution in [1.82, 2.24) is 0 Å². The highest BCUT2D eigenvalue weighted by Gasteiger charge is 2.44. The maximum Gasteiger partial charge on any atom is 0.454 e. The molecule has 0 aromatic heterocycles. The number of ketones is 3. The lowest BCUT2D eigenvalue weighted by atomic mass is 9.83. The molecule has 1 aliphatic rings. The second kappa shape index (κ2) is 4.54. The molecule has 1 aromatic rings. The zero-order valence-electron chi connectivity index (χ0n) is 11.0. The number of hydrogen-bond donors (Lipinski definition) is 1. The van der Waals surface area contributed by atoms with Gasteiger partial charge in [0.2, 0.25) is 0 Å². The van der Waals surface area contributed by atoms with Crippen LogP contribution in [0.15, 0.2) is 17.7 Å². The molecule has 1 N–H and O–H groups in total.